The fourth-order valence-electron chi connectivity index (χ4n) is 4.48. The number of rotatable bonds is 6. The van der Waals surface area contributed by atoms with E-state index in [-0.39, 0.29) is 18.2 Å². The van der Waals surface area contributed by atoms with E-state index >= 15 is 0 Å². The van der Waals surface area contributed by atoms with Gasteiger partial charge in [-0.3, -0.25) is 14.5 Å². The van der Waals surface area contributed by atoms with Crippen LogP contribution >= 0.6 is 0 Å². The van der Waals surface area contributed by atoms with Crippen LogP contribution in [0.5, 0.6) is 5.75 Å². The Hall–Kier alpha value is -3.64. The molecule has 0 aliphatic carbocycles. The molecule has 2 amide bonds. The first kappa shape index (κ1) is 26.4. The van der Waals surface area contributed by atoms with Gasteiger partial charge in [-0.25, -0.2) is 0 Å². The van der Waals surface area contributed by atoms with Crippen LogP contribution in [0, 0.1) is 6.92 Å². The summed E-state index contributed by atoms with van der Waals surface area (Å²) in [5.74, 6) is 0.831. The number of fused-ring (bicyclic) bond motifs is 1. The van der Waals surface area contributed by atoms with E-state index in [2.05, 4.69) is 45.9 Å². The third-order valence-electron chi connectivity index (χ3n) is 6.51. The van der Waals surface area contributed by atoms with E-state index in [1.165, 1.54) is 5.56 Å². The van der Waals surface area contributed by atoms with Gasteiger partial charge < -0.3 is 15.4 Å². The second-order valence-electron chi connectivity index (χ2n) is 9.77. The Kier molecular flexibility index (Phi) is 9.72. The molecule has 0 saturated carbocycles. The topological polar surface area (TPSA) is 70.7 Å². The lowest BCUT2D eigenvalue weighted by Gasteiger charge is -2.23. The average Bonchev–Trinajstić information content (AvgIpc) is 2.90. The van der Waals surface area contributed by atoms with Crippen LogP contribution in [0.15, 0.2) is 72.8 Å². The molecule has 0 unspecified atom stereocenters. The Bertz CT molecular complexity index is 1160. The minimum atomic E-state index is -0.0217. The molecule has 0 fully saturated rings. The van der Waals surface area contributed by atoms with Crippen molar-refractivity contribution in [2.45, 2.75) is 52.2 Å². The number of hydrogen-bond donors (Lipinski definition) is 2. The maximum Gasteiger partial charge on any atom is 0.234 e. The van der Waals surface area contributed by atoms with Crippen LogP contribution in [-0.2, 0) is 35.6 Å². The molecule has 0 spiro atoms. The van der Waals surface area contributed by atoms with Crippen molar-refractivity contribution < 1.29 is 14.3 Å². The molecule has 194 valence electrons. The molecule has 0 saturated heterocycles. The number of hydrogen-bond acceptors (Lipinski definition) is 4. The van der Waals surface area contributed by atoms with Crippen molar-refractivity contribution in [1.29, 1.82) is 0 Å². The largest absolute Gasteiger partial charge is 0.493 e. The van der Waals surface area contributed by atoms with Crippen LogP contribution in [0.1, 0.15) is 47.1 Å². The minimum absolute atomic E-state index is 0.0217. The maximum absolute atomic E-state index is 12.7. The van der Waals surface area contributed by atoms with Gasteiger partial charge in [0, 0.05) is 31.7 Å². The Morgan fingerprint density at radius 2 is 1.70 bits per heavy atom. The van der Waals surface area contributed by atoms with Crippen LogP contribution < -0.4 is 15.4 Å². The Labute approximate surface area is 220 Å². The van der Waals surface area contributed by atoms with Crippen molar-refractivity contribution in [2.24, 2.45) is 0 Å². The molecule has 2 N–H and O–H groups in total. The van der Waals surface area contributed by atoms with Gasteiger partial charge in [0.2, 0.25) is 11.8 Å². The highest BCUT2D eigenvalue weighted by atomic mass is 16.5. The molecule has 3 aromatic carbocycles. The van der Waals surface area contributed by atoms with Crippen LogP contribution in [-0.4, -0.2) is 36.4 Å². The average molecular weight is 500 g/mol. The zero-order chi connectivity index (χ0) is 25.9. The second-order valence-corrected chi connectivity index (χ2v) is 9.77. The summed E-state index contributed by atoms with van der Waals surface area (Å²) in [4.78, 5) is 27.5. The highest BCUT2D eigenvalue weighted by Crippen LogP contribution is 2.24. The molecule has 0 bridgehead atoms. The first-order valence-corrected chi connectivity index (χ1v) is 13.1. The third-order valence-corrected chi connectivity index (χ3v) is 6.51. The van der Waals surface area contributed by atoms with E-state index in [1.807, 2.05) is 49.4 Å². The molecule has 0 radical (unpaired) electrons. The number of nitrogens with one attached hydrogen (secondary N) is 2. The van der Waals surface area contributed by atoms with Crippen molar-refractivity contribution in [3.8, 4) is 5.75 Å². The molecule has 4 rings (SSSR count). The summed E-state index contributed by atoms with van der Waals surface area (Å²) in [5.41, 5.74) is 5.35. The monoisotopic (exact) mass is 499 g/mol. The van der Waals surface area contributed by atoms with Gasteiger partial charge >= 0.3 is 0 Å². The summed E-state index contributed by atoms with van der Waals surface area (Å²) in [6.45, 7) is 5.38. The fraction of sp³-hybridized carbons (Fsp3) is 0.355. The molecule has 3 aromatic rings. The van der Waals surface area contributed by atoms with E-state index in [4.69, 9.17) is 4.74 Å². The summed E-state index contributed by atoms with van der Waals surface area (Å²) < 4.78 is 6.17. The smallest absolute Gasteiger partial charge is 0.234 e. The number of carbonyl (C=O) groups excluding carboxylic acids is 2. The molecule has 1 heterocycles. The summed E-state index contributed by atoms with van der Waals surface area (Å²) in [7, 11) is 0. The standard InChI is InChI=1S/C31H37N3O3/c1-24-10-12-25(13-11-24)20-33-30(35)19-27-14-15-29-28(18-27)22-34(21-26-8-4-2-5-9-26)23-31(36)32-16-6-3-7-17-37-29/h2,4-5,8-15,18H,3,6-7,16-17,19-23H2,1H3,(H,32,36)(H,33,35). The van der Waals surface area contributed by atoms with Gasteiger partial charge in [0.25, 0.3) is 0 Å². The predicted octanol–water partition coefficient (Wildman–Crippen LogP) is 4.54. The highest BCUT2D eigenvalue weighted by molar-refractivity contribution is 5.79. The first-order valence-electron chi connectivity index (χ1n) is 13.1. The Morgan fingerprint density at radius 3 is 2.51 bits per heavy atom. The second kappa shape index (κ2) is 13.6. The molecule has 6 nitrogen and oxygen atoms in total. The first-order chi connectivity index (χ1) is 18.0. The van der Waals surface area contributed by atoms with E-state index in [0.29, 0.717) is 39.3 Å². The lowest BCUT2D eigenvalue weighted by molar-refractivity contribution is -0.122. The molecule has 0 atom stereocenters. The third kappa shape index (κ3) is 8.76. The number of nitrogens with zero attached hydrogens (tertiary/aromatic N) is 1. The summed E-state index contributed by atoms with van der Waals surface area (Å²) in [5, 5.41) is 6.08. The van der Waals surface area contributed by atoms with Gasteiger partial charge in [0.15, 0.2) is 0 Å². The molecule has 37 heavy (non-hydrogen) atoms. The quantitative estimate of drug-likeness (QED) is 0.523. The van der Waals surface area contributed by atoms with Crippen molar-refractivity contribution in [3.05, 3.63) is 101 Å². The normalized spacial score (nSPS) is 15.2. The van der Waals surface area contributed by atoms with Crippen molar-refractivity contribution in [2.75, 3.05) is 19.7 Å². The van der Waals surface area contributed by atoms with Gasteiger partial charge in [-0.05, 0) is 48.9 Å². The molecule has 1 aliphatic heterocycles. The Morgan fingerprint density at radius 1 is 0.919 bits per heavy atom. The number of benzene rings is 3. The van der Waals surface area contributed by atoms with E-state index in [1.54, 1.807) is 0 Å². The highest BCUT2D eigenvalue weighted by Gasteiger charge is 2.17. The molecule has 6 heteroatoms. The lowest BCUT2D eigenvalue weighted by Crippen LogP contribution is -2.37. The van der Waals surface area contributed by atoms with Gasteiger partial charge in [0.05, 0.1) is 19.6 Å². The summed E-state index contributed by atoms with van der Waals surface area (Å²) in [6.07, 6.45) is 3.17. The van der Waals surface area contributed by atoms with Gasteiger partial charge in [0.1, 0.15) is 5.75 Å². The maximum atomic E-state index is 12.7. The van der Waals surface area contributed by atoms with Gasteiger partial charge in [-0.1, -0.05) is 72.3 Å². The Balaban J connectivity index is 1.49. The number of ether oxygens (including phenoxy) is 1. The molecule has 1 aliphatic rings. The van der Waals surface area contributed by atoms with Crippen molar-refractivity contribution >= 4 is 11.8 Å². The van der Waals surface area contributed by atoms with E-state index in [0.717, 1.165) is 47.3 Å². The fourth-order valence-corrected chi connectivity index (χ4v) is 4.48. The number of aryl methyl sites for hydroxylation is 1. The van der Waals surface area contributed by atoms with Crippen molar-refractivity contribution in [1.82, 2.24) is 15.5 Å². The van der Waals surface area contributed by atoms with Crippen LogP contribution in [0.4, 0.5) is 0 Å². The van der Waals surface area contributed by atoms with E-state index < -0.39 is 0 Å². The number of amides is 2. The molecular formula is C31H37N3O3. The zero-order valence-corrected chi connectivity index (χ0v) is 21.7. The number of carbonyl (C=O) groups is 2. The molecule has 0 aromatic heterocycles. The zero-order valence-electron chi connectivity index (χ0n) is 21.7. The predicted molar refractivity (Wildman–Crippen MR) is 146 cm³/mol. The van der Waals surface area contributed by atoms with E-state index in [9.17, 15) is 9.59 Å². The molecular weight excluding hydrogens is 462 g/mol. The SMILES string of the molecule is Cc1ccc(CNC(=O)Cc2ccc3c(c2)CN(Cc2ccccc2)CC(=O)NCCCCCO3)cc1. The lowest BCUT2D eigenvalue weighted by atomic mass is 10.1. The summed E-state index contributed by atoms with van der Waals surface area (Å²) >= 11 is 0. The van der Waals surface area contributed by atoms with Crippen molar-refractivity contribution in [3.63, 3.8) is 0 Å². The van der Waals surface area contributed by atoms with Crippen LogP contribution in [0.25, 0.3) is 0 Å². The van der Waals surface area contributed by atoms with Gasteiger partial charge in [-0.2, -0.15) is 0 Å². The van der Waals surface area contributed by atoms with Gasteiger partial charge in [-0.15, -0.1) is 0 Å². The summed E-state index contributed by atoms with van der Waals surface area (Å²) in [6, 6.07) is 24.3. The van der Waals surface area contributed by atoms with Crippen LogP contribution in [0.2, 0.25) is 0 Å². The minimum Gasteiger partial charge on any atom is -0.493 e. The van der Waals surface area contributed by atoms with Crippen LogP contribution in [0.3, 0.4) is 0 Å².